The third-order valence-electron chi connectivity index (χ3n) is 3.45. The minimum atomic E-state index is -0.395. The molecule has 0 bridgehead atoms. The Bertz CT molecular complexity index is 595. The average Bonchev–Trinajstić information content (AvgIpc) is 2.54. The van der Waals surface area contributed by atoms with E-state index in [0.717, 1.165) is 5.56 Å². The van der Waals surface area contributed by atoms with Gasteiger partial charge in [0.1, 0.15) is 0 Å². The minimum Gasteiger partial charge on any atom is -0.287 e. The first-order valence-electron chi connectivity index (χ1n) is 6.95. The van der Waals surface area contributed by atoms with E-state index in [1.165, 1.54) is 0 Å². The molecule has 2 N–H and O–H groups in total. The van der Waals surface area contributed by atoms with Gasteiger partial charge in [0.15, 0.2) is 0 Å². The molecule has 2 aromatic carbocycles. The van der Waals surface area contributed by atoms with Crippen LogP contribution in [0.1, 0.15) is 29.3 Å². The predicted molar refractivity (Wildman–Crippen MR) is 85.7 cm³/mol. The van der Waals surface area contributed by atoms with Crippen molar-refractivity contribution >= 4 is 5.91 Å². The number of carbonyl (C=O) groups is 1. The van der Waals surface area contributed by atoms with E-state index in [4.69, 9.17) is 0 Å². The molecule has 1 amide bonds. The number of hydrogen-bond acceptors (Lipinski definition) is 2. The van der Waals surface area contributed by atoms with Crippen molar-refractivity contribution in [2.45, 2.75) is 18.9 Å². The quantitative estimate of drug-likeness (QED) is 0.629. The normalized spacial score (nSPS) is 13.2. The van der Waals surface area contributed by atoms with Crippen molar-refractivity contribution < 1.29 is 4.79 Å². The SMILES string of the molecule is C=CC[C@@](C)(NNC(=O)c1ccccc1)c1ccccc1. The zero-order valence-electron chi connectivity index (χ0n) is 12.2. The van der Waals surface area contributed by atoms with Crippen molar-refractivity contribution in [3.8, 4) is 0 Å². The molecule has 108 valence electrons. The van der Waals surface area contributed by atoms with Gasteiger partial charge in [-0.2, -0.15) is 0 Å². The van der Waals surface area contributed by atoms with E-state index in [9.17, 15) is 4.79 Å². The van der Waals surface area contributed by atoms with Crippen molar-refractivity contribution in [3.05, 3.63) is 84.4 Å². The predicted octanol–water partition coefficient (Wildman–Crippen LogP) is 3.41. The highest BCUT2D eigenvalue weighted by Crippen LogP contribution is 2.24. The van der Waals surface area contributed by atoms with Crippen LogP contribution in [0.15, 0.2) is 73.3 Å². The molecule has 1 atom stereocenters. The van der Waals surface area contributed by atoms with Crippen molar-refractivity contribution in [2.75, 3.05) is 0 Å². The Morgan fingerprint density at radius 3 is 2.24 bits per heavy atom. The highest BCUT2D eigenvalue weighted by molar-refractivity contribution is 5.93. The molecule has 2 aromatic rings. The lowest BCUT2D eigenvalue weighted by atomic mass is 9.89. The standard InChI is InChI=1S/C18H20N2O/c1-3-14-18(2,16-12-8-5-9-13-16)20-19-17(21)15-10-6-4-7-11-15/h3-13,20H,1,14H2,2H3,(H,19,21)/t18-/m1/s1. The van der Waals surface area contributed by atoms with Crippen molar-refractivity contribution in [1.82, 2.24) is 10.9 Å². The molecule has 0 saturated heterocycles. The van der Waals surface area contributed by atoms with Crippen LogP contribution < -0.4 is 10.9 Å². The molecule has 0 aromatic heterocycles. The number of benzene rings is 2. The van der Waals surface area contributed by atoms with Crippen LogP contribution in [0.4, 0.5) is 0 Å². The number of nitrogens with one attached hydrogen (secondary N) is 2. The van der Waals surface area contributed by atoms with Gasteiger partial charge in [0.2, 0.25) is 0 Å². The van der Waals surface area contributed by atoms with Crippen LogP contribution in [0.3, 0.4) is 0 Å². The second-order valence-electron chi connectivity index (χ2n) is 5.14. The fourth-order valence-corrected chi connectivity index (χ4v) is 2.19. The lowest BCUT2D eigenvalue weighted by Gasteiger charge is -2.30. The molecule has 0 spiro atoms. The van der Waals surface area contributed by atoms with Crippen LogP contribution in [0, 0.1) is 0 Å². The molecule has 0 aliphatic carbocycles. The highest BCUT2D eigenvalue weighted by atomic mass is 16.2. The van der Waals surface area contributed by atoms with E-state index in [-0.39, 0.29) is 5.91 Å². The van der Waals surface area contributed by atoms with Gasteiger partial charge in [-0.25, -0.2) is 5.43 Å². The van der Waals surface area contributed by atoms with Crippen LogP contribution in [-0.2, 0) is 5.54 Å². The molecular weight excluding hydrogens is 260 g/mol. The van der Waals surface area contributed by atoms with Gasteiger partial charge in [-0.1, -0.05) is 54.6 Å². The van der Waals surface area contributed by atoms with Crippen LogP contribution in [0.25, 0.3) is 0 Å². The molecule has 0 saturated carbocycles. The molecule has 0 fully saturated rings. The third-order valence-corrected chi connectivity index (χ3v) is 3.45. The van der Waals surface area contributed by atoms with Crippen LogP contribution in [-0.4, -0.2) is 5.91 Å². The van der Waals surface area contributed by atoms with Gasteiger partial charge < -0.3 is 0 Å². The second-order valence-corrected chi connectivity index (χ2v) is 5.14. The maximum absolute atomic E-state index is 12.1. The Morgan fingerprint density at radius 1 is 1.10 bits per heavy atom. The first-order valence-corrected chi connectivity index (χ1v) is 6.95. The lowest BCUT2D eigenvalue weighted by Crippen LogP contribution is -2.50. The summed E-state index contributed by atoms with van der Waals surface area (Å²) >= 11 is 0. The molecule has 0 aliphatic heterocycles. The second kappa shape index (κ2) is 6.86. The molecule has 3 nitrogen and oxygen atoms in total. The van der Waals surface area contributed by atoms with Crippen LogP contribution >= 0.6 is 0 Å². The molecule has 0 radical (unpaired) electrons. The number of hydrogen-bond donors (Lipinski definition) is 2. The minimum absolute atomic E-state index is 0.151. The Labute approximate surface area is 125 Å². The first kappa shape index (κ1) is 15.0. The summed E-state index contributed by atoms with van der Waals surface area (Å²) in [4.78, 5) is 12.1. The Hall–Kier alpha value is -2.39. The van der Waals surface area contributed by atoms with E-state index >= 15 is 0 Å². The van der Waals surface area contributed by atoms with E-state index in [0.29, 0.717) is 12.0 Å². The number of rotatable bonds is 6. The highest BCUT2D eigenvalue weighted by Gasteiger charge is 2.25. The summed E-state index contributed by atoms with van der Waals surface area (Å²) in [6.07, 6.45) is 2.54. The Morgan fingerprint density at radius 2 is 1.67 bits per heavy atom. The smallest absolute Gasteiger partial charge is 0.265 e. The summed E-state index contributed by atoms with van der Waals surface area (Å²) in [5.74, 6) is -0.151. The first-order chi connectivity index (χ1) is 10.2. The third kappa shape index (κ3) is 3.80. The largest absolute Gasteiger partial charge is 0.287 e. The Balaban J connectivity index is 2.10. The zero-order chi connectivity index (χ0) is 15.1. The van der Waals surface area contributed by atoms with E-state index in [1.54, 1.807) is 12.1 Å². The fourth-order valence-electron chi connectivity index (χ4n) is 2.19. The molecule has 21 heavy (non-hydrogen) atoms. The summed E-state index contributed by atoms with van der Waals surface area (Å²) in [5, 5.41) is 0. The van der Waals surface area contributed by atoms with Gasteiger partial charge in [-0.05, 0) is 31.0 Å². The van der Waals surface area contributed by atoms with Crippen molar-refractivity contribution in [1.29, 1.82) is 0 Å². The number of carbonyl (C=O) groups excluding carboxylic acids is 1. The molecule has 0 unspecified atom stereocenters. The molecular formula is C18H20N2O. The summed E-state index contributed by atoms with van der Waals surface area (Å²) < 4.78 is 0. The summed E-state index contributed by atoms with van der Waals surface area (Å²) in [6, 6.07) is 19.1. The van der Waals surface area contributed by atoms with Gasteiger partial charge in [-0.15, -0.1) is 6.58 Å². The fraction of sp³-hybridized carbons (Fsp3) is 0.167. The maximum atomic E-state index is 12.1. The van der Waals surface area contributed by atoms with Crippen LogP contribution in [0.5, 0.6) is 0 Å². The molecule has 3 heteroatoms. The maximum Gasteiger partial charge on any atom is 0.265 e. The molecule has 0 aliphatic rings. The molecule has 0 heterocycles. The van der Waals surface area contributed by atoms with Crippen molar-refractivity contribution in [2.24, 2.45) is 0 Å². The number of amides is 1. The summed E-state index contributed by atoms with van der Waals surface area (Å²) in [5.41, 5.74) is 7.25. The average molecular weight is 280 g/mol. The van der Waals surface area contributed by atoms with E-state index in [1.807, 2.05) is 61.5 Å². The monoisotopic (exact) mass is 280 g/mol. The van der Waals surface area contributed by atoms with Gasteiger partial charge in [0, 0.05) is 5.56 Å². The summed E-state index contributed by atoms with van der Waals surface area (Å²) in [6.45, 7) is 5.84. The topological polar surface area (TPSA) is 41.1 Å². The zero-order valence-corrected chi connectivity index (χ0v) is 12.2. The van der Waals surface area contributed by atoms with Gasteiger partial charge in [0.05, 0.1) is 5.54 Å². The molecule has 2 rings (SSSR count). The van der Waals surface area contributed by atoms with E-state index < -0.39 is 5.54 Å². The number of hydrazine groups is 1. The lowest BCUT2D eigenvalue weighted by molar-refractivity contribution is 0.0907. The van der Waals surface area contributed by atoms with Gasteiger partial charge >= 0.3 is 0 Å². The van der Waals surface area contributed by atoms with E-state index in [2.05, 4.69) is 17.4 Å². The Kier molecular flexibility index (Phi) is 4.90. The van der Waals surface area contributed by atoms with Gasteiger partial charge in [0.25, 0.3) is 5.91 Å². The van der Waals surface area contributed by atoms with Crippen LogP contribution in [0.2, 0.25) is 0 Å². The summed E-state index contributed by atoms with van der Waals surface area (Å²) in [7, 11) is 0. The van der Waals surface area contributed by atoms with Crippen molar-refractivity contribution in [3.63, 3.8) is 0 Å². The van der Waals surface area contributed by atoms with Gasteiger partial charge in [-0.3, -0.25) is 10.2 Å².